The predicted octanol–water partition coefficient (Wildman–Crippen LogP) is -0.339. The van der Waals surface area contributed by atoms with Crippen molar-refractivity contribution in [2.45, 2.75) is 0 Å². The van der Waals surface area contributed by atoms with Gasteiger partial charge in [-0.25, -0.2) is 0 Å². The van der Waals surface area contributed by atoms with E-state index in [-0.39, 0.29) is 57.4 Å². The molecule has 6 N–H and O–H groups in total. The molecule has 12 nitrogen and oxygen atoms in total. The minimum Gasteiger partial charge on any atom is -0.394 e. The van der Waals surface area contributed by atoms with Gasteiger partial charge in [0.1, 0.15) is 0 Å². The fourth-order valence-electron chi connectivity index (χ4n) is 4.25. The molecule has 0 radical (unpaired) electrons. The van der Waals surface area contributed by atoms with Gasteiger partial charge < -0.3 is 45.5 Å². The van der Waals surface area contributed by atoms with E-state index in [1.807, 2.05) is 36.4 Å². The first kappa shape index (κ1) is 36.7. The molecule has 0 atom stereocenters. The summed E-state index contributed by atoms with van der Waals surface area (Å²) >= 11 is 0. The summed E-state index contributed by atoms with van der Waals surface area (Å²) in [6.07, 6.45) is 0. The van der Waals surface area contributed by atoms with Crippen LogP contribution in [0, 0.1) is 0 Å². The lowest BCUT2D eigenvalue weighted by atomic mass is 10.2. The summed E-state index contributed by atoms with van der Waals surface area (Å²) in [7, 11) is -1.12. The van der Waals surface area contributed by atoms with E-state index < -0.39 is 7.92 Å². The Morgan fingerprint density at radius 2 is 0.717 bits per heavy atom. The number of carbonyl (C=O) groups is 3. The second-order valence-electron chi connectivity index (χ2n) is 9.75. The Balaban J connectivity index is 1.78. The smallest absolute Gasteiger partial charge is 0.251 e. The minimum absolute atomic E-state index is 0.0760. The number of amides is 3. The Morgan fingerprint density at radius 3 is 0.957 bits per heavy atom. The third-order valence-corrected chi connectivity index (χ3v) is 8.91. The van der Waals surface area contributed by atoms with E-state index in [1.165, 1.54) is 0 Å². The average molecular weight is 656 g/mol. The zero-order chi connectivity index (χ0) is 33.0. The van der Waals surface area contributed by atoms with Crippen molar-refractivity contribution in [2.24, 2.45) is 0 Å². The fourth-order valence-corrected chi connectivity index (χ4v) is 6.49. The maximum Gasteiger partial charge on any atom is 0.251 e. The van der Waals surface area contributed by atoms with Crippen LogP contribution in [-0.4, -0.2) is 112 Å². The number of rotatable bonds is 21. The Morgan fingerprint density at radius 1 is 0.457 bits per heavy atom. The number of ether oxygens (including phenoxy) is 3. The van der Waals surface area contributed by atoms with Gasteiger partial charge >= 0.3 is 0 Å². The number of hydrogen-bond donors (Lipinski definition) is 6. The molecule has 3 amide bonds. The second-order valence-corrected chi connectivity index (χ2v) is 12.0. The van der Waals surface area contributed by atoms with E-state index in [2.05, 4.69) is 16.0 Å². The molecule has 0 aliphatic heterocycles. The molecule has 0 aliphatic carbocycles. The summed E-state index contributed by atoms with van der Waals surface area (Å²) in [5.41, 5.74) is 1.47. The van der Waals surface area contributed by atoms with Crippen molar-refractivity contribution < 1.29 is 43.9 Å². The van der Waals surface area contributed by atoms with Crippen molar-refractivity contribution in [3.63, 3.8) is 0 Å². The molecule has 0 aromatic heterocycles. The fraction of sp³-hybridized carbons (Fsp3) is 0.364. The molecule has 0 saturated heterocycles. The Hall–Kier alpha value is -3.74. The summed E-state index contributed by atoms with van der Waals surface area (Å²) in [5.74, 6) is -0.715. The van der Waals surface area contributed by atoms with E-state index in [0.29, 0.717) is 56.1 Å². The van der Waals surface area contributed by atoms with E-state index in [1.54, 1.807) is 36.4 Å². The van der Waals surface area contributed by atoms with Gasteiger partial charge in [-0.3, -0.25) is 14.4 Å². The molecule has 0 saturated carbocycles. The van der Waals surface area contributed by atoms with Gasteiger partial charge in [-0.05, 0) is 60.2 Å². The SMILES string of the molecule is O=C(NCCOCCO)c1ccc(P(c2ccc(C(=O)NCCOCCO)cc2)c2ccc(C(=O)NCCOCCO)cc2)cc1. The first-order chi connectivity index (χ1) is 22.5. The molecule has 0 heterocycles. The molecule has 0 unspecified atom stereocenters. The van der Waals surface area contributed by atoms with Crippen LogP contribution in [0.1, 0.15) is 31.1 Å². The maximum absolute atomic E-state index is 12.6. The zero-order valence-corrected chi connectivity index (χ0v) is 26.5. The molecule has 13 heteroatoms. The predicted molar refractivity (Wildman–Crippen MR) is 176 cm³/mol. The molecular formula is C33H42N3O9P. The largest absolute Gasteiger partial charge is 0.394 e. The van der Waals surface area contributed by atoms with Gasteiger partial charge in [0, 0.05) is 36.3 Å². The van der Waals surface area contributed by atoms with E-state index >= 15 is 0 Å². The van der Waals surface area contributed by atoms with E-state index in [4.69, 9.17) is 29.5 Å². The topological polar surface area (TPSA) is 176 Å². The van der Waals surface area contributed by atoms with E-state index in [9.17, 15) is 14.4 Å². The average Bonchev–Trinajstić information content (AvgIpc) is 3.08. The number of benzene rings is 3. The van der Waals surface area contributed by atoms with Gasteiger partial charge in [0.2, 0.25) is 0 Å². The molecule has 0 aliphatic rings. The van der Waals surface area contributed by atoms with Crippen LogP contribution in [0.2, 0.25) is 0 Å². The summed E-state index contributed by atoms with van der Waals surface area (Å²) < 4.78 is 15.6. The van der Waals surface area contributed by atoms with Crippen LogP contribution in [0.25, 0.3) is 0 Å². The second kappa shape index (κ2) is 21.1. The van der Waals surface area contributed by atoms with Gasteiger partial charge in [0.25, 0.3) is 17.7 Å². The summed E-state index contributed by atoms with van der Waals surface area (Å²) in [5, 5.41) is 37.7. The van der Waals surface area contributed by atoms with Crippen molar-refractivity contribution in [3.8, 4) is 0 Å². The molecule has 3 aromatic rings. The lowest BCUT2D eigenvalue weighted by Gasteiger charge is -2.20. The number of hydrogen-bond acceptors (Lipinski definition) is 9. The van der Waals surface area contributed by atoms with Crippen LogP contribution in [0.4, 0.5) is 0 Å². The third kappa shape index (κ3) is 12.2. The van der Waals surface area contributed by atoms with E-state index in [0.717, 1.165) is 15.9 Å². The van der Waals surface area contributed by atoms with Crippen molar-refractivity contribution >= 4 is 41.6 Å². The van der Waals surface area contributed by atoms with Crippen LogP contribution < -0.4 is 31.9 Å². The molecule has 0 bridgehead atoms. The van der Waals surface area contributed by atoms with Crippen molar-refractivity contribution in [3.05, 3.63) is 89.5 Å². The van der Waals surface area contributed by atoms with Crippen LogP contribution in [0.15, 0.2) is 72.8 Å². The maximum atomic E-state index is 12.6. The molecule has 3 aromatic carbocycles. The number of aliphatic hydroxyl groups is 3. The van der Waals surface area contributed by atoms with Crippen LogP contribution >= 0.6 is 7.92 Å². The number of aliphatic hydroxyl groups excluding tert-OH is 3. The van der Waals surface area contributed by atoms with Crippen LogP contribution in [0.3, 0.4) is 0 Å². The first-order valence-electron chi connectivity index (χ1n) is 15.0. The van der Waals surface area contributed by atoms with Crippen LogP contribution in [-0.2, 0) is 14.2 Å². The van der Waals surface area contributed by atoms with Crippen molar-refractivity contribution in [2.75, 3.05) is 79.1 Å². The zero-order valence-electron chi connectivity index (χ0n) is 25.7. The molecule has 46 heavy (non-hydrogen) atoms. The number of carbonyl (C=O) groups excluding carboxylic acids is 3. The number of nitrogens with one attached hydrogen (secondary N) is 3. The summed E-state index contributed by atoms with van der Waals surface area (Å²) in [4.78, 5) is 37.9. The molecule has 0 fully saturated rings. The molecule has 3 rings (SSSR count). The van der Waals surface area contributed by atoms with Crippen molar-refractivity contribution in [1.29, 1.82) is 0 Å². The Labute approximate surface area is 269 Å². The highest BCUT2D eigenvalue weighted by atomic mass is 31.1. The lowest BCUT2D eigenvalue weighted by molar-refractivity contribution is 0.0834. The van der Waals surface area contributed by atoms with Gasteiger partial charge in [-0.1, -0.05) is 36.4 Å². The molecular weight excluding hydrogens is 613 g/mol. The monoisotopic (exact) mass is 655 g/mol. The normalized spacial score (nSPS) is 11.0. The standard InChI is InChI=1S/C33H42N3O9P/c37-16-22-43-19-13-34-31(40)25-1-7-28(8-2-25)46(29-9-3-26(4-10-29)32(41)35-14-20-44-23-17-38)30-11-5-27(6-12-30)33(42)36-15-21-45-24-18-39/h1-12,37-39H,13-24H2,(H,34,40)(H,35,41)(H,36,42). The van der Waals surface area contributed by atoms with Gasteiger partial charge in [-0.2, -0.15) is 0 Å². The molecule has 0 spiro atoms. The summed E-state index contributed by atoms with van der Waals surface area (Å²) in [6, 6.07) is 22.0. The summed E-state index contributed by atoms with van der Waals surface area (Å²) in [6.45, 7) is 2.26. The van der Waals surface area contributed by atoms with Crippen molar-refractivity contribution in [1.82, 2.24) is 16.0 Å². The van der Waals surface area contributed by atoms with Gasteiger partial charge in [0.15, 0.2) is 0 Å². The third-order valence-electron chi connectivity index (χ3n) is 6.47. The lowest BCUT2D eigenvalue weighted by Crippen LogP contribution is -2.29. The highest BCUT2D eigenvalue weighted by Crippen LogP contribution is 2.33. The van der Waals surface area contributed by atoms with Crippen LogP contribution in [0.5, 0.6) is 0 Å². The highest BCUT2D eigenvalue weighted by Gasteiger charge is 2.19. The van der Waals surface area contributed by atoms with Gasteiger partial charge in [0.05, 0.1) is 59.5 Å². The first-order valence-corrected chi connectivity index (χ1v) is 16.3. The Bertz CT molecular complexity index is 1170. The minimum atomic E-state index is -1.12. The van der Waals surface area contributed by atoms with Gasteiger partial charge in [-0.15, -0.1) is 0 Å². The molecule has 248 valence electrons. The highest BCUT2D eigenvalue weighted by molar-refractivity contribution is 7.79. The quantitative estimate of drug-likeness (QED) is 0.0663. The Kier molecular flexibility index (Phi) is 16.9.